The first kappa shape index (κ1) is 55.3. The predicted octanol–water partition coefficient (Wildman–Crippen LogP) is 11.6. The van der Waals surface area contributed by atoms with Crippen LogP contribution in [0.25, 0.3) is 0 Å². The molecule has 0 bridgehead atoms. The Morgan fingerprint density at radius 1 is 0.456 bits per heavy atom. The standard InChI is InChI=1S/C48H93NO8/c1-6-8-10-12-14-15-16-17-18-19-20-21-22-23-24-25-26-27-28-29-30-31-33-35-37-39-46(51)57-44(42-55-45(50)38-36-34-32-13-11-9-7-2)43-56-48(47(52)53)54-41-40-49(3,4)5/h44,48H,6-43H2,1-5H3. The highest BCUT2D eigenvalue weighted by atomic mass is 16.7. The van der Waals surface area contributed by atoms with Gasteiger partial charge in [-0.25, -0.2) is 0 Å². The van der Waals surface area contributed by atoms with Crippen molar-refractivity contribution in [3.05, 3.63) is 0 Å². The van der Waals surface area contributed by atoms with Crippen LogP contribution in [0.5, 0.6) is 0 Å². The van der Waals surface area contributed by atoms with Gasteiger partial charge in [-0.15, -0.1) is 0 Å². The Balaban J connectivity index is 4.09. The van der Waals surface area contributed by atoms with Gasteiger partial charge in [0.15, 0.2) is 12.4 Å². The van der Waals surface area contributed by atoms with Crippen molar-refractivity contribution in [2.24, 2.45) is 0 Å². The van der Waals surface area contributed by atoms with E-state index in [4.69, 9.17) is 18.9 Å². The van der Waals surface area contributed by atoms with E-state index in [1.807, 2.05) is 21.1 Å². The second-order valence-corrected chi connectivity index (χ2v) is 17.8. The Hall–Kier alpha value is -1.71. The molecule has 2 atom stereocenters. The number of quaternary nitrogens is 1. The number of carbonyl (C=O) groups is 3. The van der Waals surface area contributed by atoms with Gasteiger partial charge in [-0.1, -0.05) is 206 Å². The molecule has 0 aromatic carbocycles. The average molecular weight is 812 g/mol. The molecule has 0 N–H and O–H groups in total. The summed E-state index contributed by atoms with van der Waals surface area (Å²) in [5.74, 6) is -2.27. The Kier molecular flexibility index (Phi) is 39.8. The Morgan fingerprint density at radius 3 is 1.12 bits per heavy atom. The second-order valence-electron chi connectivity index (χ2n) is 17.8. The summed E-state index contributed by atoms with van der Waals surface area (Å²) in [4.78, 5) is 36.8. The molecule has 0 radical (unpaired) electrons. The molecule has 0 heterocycles. The van der Waals surface area contributed by atoms with Crippen molar-refractivity contribution >= 4 is 17.9 Å². The number of hydrogen-bond acceptors (Lipinski definition) is 8. The van der Waals surface area contributed by atoms with Crippen LogP contribution in [0.4, 0.5) is 0 Å². The van der Waals surface area contributed by atoms with E-state index < -0.39 is 24.3 Å². The summed E-state index contributed by atoms with van der Waals surface area (Å²) >= 11 is 0. The van der Waals surface area contributed by atoms with Crippen molar-refractivity contribution in [1.82, 2.24) is 0 Å². The van der Waals surface area contributed by atoms with Crippen LogP contribution in [0.15, 0.2) is 0 Å². The van der Waals surface area contributed by atoms with Crippen LogP contribution in [-0.2, 0) is 33.3 Å². The first-order chi connectivity index (χ1) is 27.6. The molecule has 0 saturated carbocycles. The number of esters is 2. The Bertz CT molecular complexity index is 907. The second kappa shape index (κ2) is 41.0. The minimum Gasteiger partial charge on any atom is -0.545 e. The van der Waals surface area contributed by atoms with E-state index in [0.29, 0.717) is 17.4 Å². The van der Waals surface area contributed by atoms with E-state index >= 15 is 0 Å². The summed E-state index contributed by atoms with van der Waals surface area (Å²) < 4.78 is 22.5. The maximum Gasteiger partial charge on any atom is 0.306 e. The molecule has 0 amide bonds. The number of unbranched alkanes of at least 4 members (excludes halogenated alkanes) is 30. The van der Waals surface area contributed by atoms with Crippen molar-refractivity contribution in [3.63, 3.8) is 0 Å². The minimum atomic E-state index is -1.61. The SMILES string of the molecule is CCCCCCCCCCCCCCCCCCCCCCCCCCCC(=O)OC(COC(=O)CCCCCCCCC)COC(OCC[N+](C)(C)C)C(=O)[O-]. The Labute approximate surface area is 352 Å². The summed E-state index contributed by atoms with van der Waals surface area (Å²) in [6.45, 7) is 4.73. The molecule has 57 heavy (non-hydrogen) atoms. The average Bonchev–Trinajstić information content (AvgIpc) is 3.17. The van der Waals surface area contributed by atoms with Crippen molar-refractivity contribution in [3.8, 4) is 0 Å². The van der Waals surface area contributed by atoms with Crippen LogP contribution in [0, 0.1) is 0 Å². The molecule has 2 unspecified atom stereocenters. The molecule has 338 valence electrons. The summed E-state index contributed by atoms with van der Waals surface area (Å²) in [6, 6.07) is 0. The molecule has 9 nitrogen and oxygen atoms in total. The lowest BCUT2D eigenvalue weighted by Crippen LogP contribution is -2.44. The quantitative estimate of drug-likeness (QED) is 0.0259. The molecule has 0 spiro atoms. The zero-order valence-electron chi connectivity index (χ0n) is 38.2. The highest BCUT2D eigenvalue weighted by Crippen LogP contribution is 2.17. The number of carboxylic acid groups (broad SMARTS) is 1. The van der Waals surface area contributed by atoms with Gasteiger partial charge in [-0.05, 0) is 12.8 Å². The van der Waals surface area contributed by atoms with Gasteiger partial charge in [0.05, 0.1) is 40.3 Å². The van der Waals surface area contributed by atoms with Crippen LogP contribution >= 0.6 is 0 Å². The summed E-state index contributed by atoms with van der Waals surface area (Å²) in [6.07, 6.45) is 38.9. The highest BCUT2D eigenvalue weighted by Gasteiger charge is 2.21. The number of aliphatic carboxylic acids is 1. The third-order valence-electron chi connectivity index (χ3n) is 10.9. The van der Waals surface area contributed by atoms with Crippen LogP contribution in [-0.4, -0.2) is 82.3 Å². The third kappa shape index (κ3) is 42.2. The van der Waals surface area contributed by atoms with Gasteiger partial charge in [0, 0.05) is 12.8 Å². The van der Waals surface area contributed by atoms with Crippen molar-refractivity contribution < 1.29 is 42.9 Å². The maximum atomic E-state index is 12.7. The molecule has 0 aromatic heterocycles. The van der Waals surface area contributed by atoms with E-state index in [-0.39, 0.29) is 32.2 Å². The number of carbonyl (C=O) groups excluding carboxylic acids is 3. The smallest absolute Gasteiger partial charge is 0.306 e. The van der Waals surface area contributed by atoms with Gasteiger partial charge in [0.1, 0.15) is 13.2 Å². The summed E-state index contributed by atoms with van der Waals surface area (Å²) in [5, 5.41) is 11.7. The zero-order chi connectivity index (χ0) is 42.1. The number of rotatable bonds is 45. The minimum absolute atomic E-state index is 0.152. The molecule has 0 fully saturated rings. The monoisotopic (exact) mass is 812 g/mol. The van der Waals surface area contributed by atoms with Gasteiger partial charge < -0.3 is 33.3 Å². The van der Waals surface area contributed by atoms with E-state index in [2.05, 4.69) is 13.8 Å². The predicted molar refractivity (Wildman–Crippen MR) is 233 cm³/mol. The molecule has 0 aliphatic carbocycles. The fourth-order valence-corrected chi connectivity index (χ4v) is 7.07. The van der Waals surface area contributed by atoms with Gasteiger partial charge in [-0.3, -0.25) is 9.59 Å². The lowest BCUT2D eigenvalue weighted by atomic mass is 10.0. The van der Waals surface area contributed by atoms with E-state index in [9.17, 15) is 19.5 Å². The molecule has 9 heteroatoms. The number of hydrogen-bond donors (Lipinski definition) is 0. The van der Waals surface area contributed by atoms with E-state index in [0.717, 1.165) is 38.5 Å². The summed E-state index contributed by atoms with van der Waals surface area (Å²) in [7, 11) is 5.91. The molecular formula is C48H93NO8. The van der Waals surface area contributed by atoms with Gasteiger partial charge in [0.25, 0.3) is 0 Å². The first-order valence-corrected chi connectivity index (χ1v) is 24.2. The van der Waals surface area contributed by atoms with Gasteiger partial charge >= 0.3 is 11.9 Å². The van der Waals surface area contributed by atoms with E-state index in [1.165, 1.54) is 167 Å². The third-order valence-corrected chi connectivity index (χ3v) is 10.9. The first-order valence-electron chi connectivity index (χ1n) is 24.2. The number of ether oxygens (including phenoxy) is 4. The van der Waals surface area contributed by atoms with Gasteiger partial charge in [-0.2, -0.15) is 0 Å². The normalized spacial score (nSPS) is 12.8. The molecule has 0 aliphatic heterocycles. The number of nitrogens with zero attached hydrogens (tertiary/aromatic N) is 1. The van der Waals surface area contributed by atoms with Crippen LogP contribution < -0.4 is 5.11 Å². The fraction of sp³-hybridized carbons (Fsp3) is 0.938. The fourth-order valence-electron chi connectivity index (χ4n) is 7.07. The van der Waals surface area contributed by atoms with Gasteiger partial charge in [0.2, 0.25) is 0 Å². The van der Waals surface area contributed by atoms with Crippen molar-refractivity contribution in [1.29, 1.82) is 0 Å². The van der Waals surface area contributed by atoms with Crippen LogP contribution in [0.2, 0.25) is 0 Å². The van der Waals surface area contributed by atoms with Crippen LogP contribution in [0.1, 0.15) is 232 Å². The Morgan fingerprint density at radius 2 is 0.789 bits per heavy atom. The lowest BCUT2D eigenvalue weighted by molar-refractivity contribution is -0.870. The molecule has 0 aromatic rings. The highest BCUT2D eigenvalue weighted by molar-refractivity contribution is 5.70. The molecular weight excluding hydrogens is 719 g/mol. The van der Waals surface area contributed by atoms with Crippen molar-refractivity contribution in [2.75, 3.05) is 47.5 Å². The lowest BCUT2D eigenvalue weighted by Gasteiger charge is -2.26. The largest absolute Gasteiger partial charge is 0.545 e. The summed E-state index contributed by atoms with van der Waals surface area (Å²) in [5.41, 5.74) is 0. The maximum absolute atomic E-state index is 12.7. The molecule has 0 aliphatic rings. The number of carboxylic acids is 1. The van der Waals surface area contributed by atoms with E-state index in [1.54, 1.807) is 0 Å². The number of likely N-dealkylation sites (N-methyl/N-ethyl adjacent to an activating group) is 1. The zero-order valence-corrected chi connectivity index (χ0v) is 38.2. The molecule has 0 rings (SSSR count). The van der Waals surface area contributed by atoms with Crippen LogP contribution in [0.3, 0.4) is 0 Å². The topological polar surface area (TPSA) is 111 Å². The molecule has 0 saturated heterocycles. The van der Waals surface area contributed by atoms with Crippen molar-refractivity contribution in [2.45, 2.75) is 245 Å².